The SMILES string of the molecule is C=CCO[C@H]1[C@@H](OC(C)=O)[C@@H](COCc2ccccc2)O[C@@H](O[C@@H]2[C@H](OCC=C)[C@@H](OC(=O)C(C)(C)C)[C@H](O[C@@H]3[C@H](OCC=C)[C@@H](OC(=O)C(C)(C)C)[C@H](O[C@@H]4[C@H](OCC=C)[C@@H](OC(=O)C(C)(C)C)[C@H](Oc5ccc(OC)cc5)O[C@@H]4COCc4ccccc4)O[C@@H]3COCc3ccccc3)O[C@@H]2COCc2ccccc2)[C@@H]1OC(=O)C(C)(C)C. The predicted octanol–water partition coefficient (Wildman–Crippen LogP) is 13.0. The number of hydrogen-bond donors (Lipinski definition) is 0. The van der Waals surface area contributed by atoms with Crippen LogP contribution in [0.25, 0.3) is 0 Å². The van der Waals surface area contributed by atoms with Crippen molar-refractivity contribution in [1.29, 1.82) is 0 Å². The maximum atomic E-state index is 15.2. The molecule has 0 unspecified atom stereocenters. The van der Waals surface area contributed by atoms with Gasteiger partial charge < -0.3 is 104 Å². The van der Waals surface area contributed by atoms with Crippen molar-refractivity contribution >= 4 is 29.8 Å². The fourth-order valence-corrected chi connectivity index (χ4v) is 13.2. The van der Waals surface area contributed by atoms with E-state index in [0.717, 1.165) is 22.3 Å². The lowest BCUT2D eigenvalue weighted by Crippen LogP contribution is -2.69. The van der Waals surface area contributed by atoms with Crippen molar-refractivity contribution in [2.75, 3.05) is 60.0 Å². The summed E-state index contributed by atoms with van der Waals surface area (Å²) in [5.41, 5.74) is -1.52. The summed E-state index contributed by atoms with van der Waals surface area (Å²) in [6.07, 6.45) is -23.7. The highest BCUT2D eigenvalue weighted by atomic mass is 16.8. The van der Waals surface area contributed by atoms with Gasteiger partial charge in [0.05, 0.1) is 108 Å². The zero-order valence-electron chi connectivity index (χ0n) is 71.5. The van der Waals surface area contributed by atoms with Crippen LogP contribution in [0.15, 0.2) is 196 Å². The molecule has 20 atom stereocenters. The van der Waals surface area contributed by atoms with E-state index in [-0.39, 0.29) is 79.3 Å². The smallest absolute Gasteiger partial charge is 0.311 e. The second-order valence-corrected chi connectivity index (χ2v) is 33.7. The van der Waals surface area contributed by atoms with Crippen molar-refractivity contribution in [3.8, 4) is 11.5 Å². The molecule has 0 spiro atoms. The number of carbonyl (C=O) groups is 5. The van der Waals surface area contributed by atoms with Gasteiger partial charge in [0.2, 0.25) is 6.29 Å². The Bertz CT molecular complexity index is 3990. The molecule has 4 heterocycles. The molecular weight excluding hydrogens is 1550 g/mol. The second kappa shape index (κ2) is 45.5. The molecule has 4 aliphatic rings. The Hall–Kier alpha value is -8.59. The Morgan fingerprint density at radius 1 is 0.317 bits per heavy atom. The van der Waals surface area contributed by atoms with Gasteiger partial charge in [-0.05, 0) is 130 Å². The van der Waals surface area contributed by atoms with Crippen LogP contribution in [0.1, 0.15) is 112 Å². The first-order chi connectivity index (χ1) is 57.3. The molecular formula is C93H122O27. The van der Waals surface area contributed by atoms with E-state index in [9.17, 15) is 14.4 Å². The van der Waals surface area contributed by atoms with Crippen LogP contribution < -0.4 is 9.47 Å². The van der Waals surface area contributed by atoms with E-state index in [4.69, 9.17) is 104 Å². The molecule has 4 saturated heterocycles. The first kappa shape index (κ1) is 95.2. The van der Waals surface area contributed by atoms with Crippen molar-refractivity contribution in [2.24, 2.45) is 21.7 Å². The highest BCUT2D eigenvalue weighted by Crippen LogP contribution is 2.43. The van der Waals surface area contributed by atoms with E-state index in [0.29, 0.717) is 11.5 Å². The Labute approximate surface area is 705 Å². The molecule has 5 aromatic carbocycles. The molecule has 0 radical (unpaired) electrons. The molecule has 0 saturated carbocycles. The summed E-state index contributed by atoms with van der Waals surface area (Å²) in [5, 5.41) is 0. The summed E-state index contributed by atoms with van der Waals surface area (Å²) in [6, 6.07) is 44.3. The normalized spacial score (nSPS) is 27.2. The van der Waals surface area contributed by atoms with Crippen LogP contribution in [0.5, 0.6) is 11.5 Å². The van der Waals surface area contributed by atoms with Crippen molar-refractivity contribution in [3.63, 3.8) is 0 Å². The molecule has 656 valence electrons. The number of ether oxygens (including phenoxy) is 22. The molecule has 4 aliphatic heterocycles. The van der Waals surface area contributed by atoms with Crippen molar-refractivity contribution in [3.05, 3.63) is 218 Å². The van der Waals surface area contributed by atoms with Crippen LogP contribution in [0.4, 0.5) is 0 Å². The lowest BCUT2D eigenvalue weighted by molar-refractivity contribution is -0.393. The van der Waals surface area contributed by atoms with Crippen LogP contribution in [0.3, 0.4) is 0 Å². The summed E-state index contributed by atoms with van der Waals surface area (Å²) in [7, 11) is 1.54. The van der Waals surface area contributed by atoms with Gasteiger partial charge in [-0.25, -0.2) is 0 Å². The third-order valence-electron chi connectivity index (χ3n) is 19.5. The molecule has 0 bridgehead atoms. The monoisotopic (exact) mass is 1670 g/mol. The van der Waals surface area contributed by atoms with Crippen molar-refractivity contribution in [1.82, 2.24) is 0 Å². The topological polar surface area (TPSA) is 288 Å². The molecule has 0 N–H and O–H groups in total. The summed E-state index contributed by atoms with van der Waals surface area (Å²) < 4.78 is 150. The third-order valence-corrected chi connectivity index (χ3v) is 19.5. The largest absolute Gasteiger partial charge is 0.497 e. The molecule has 27 heteroatoms. The van der Waals surface area contributed by atoms with Gasteiger partial charge in [0.25, 0.3) is 0 Å². The van der Waals surface area contributed by atoms with Crippen LogP contribution in [0, 0.1) is 21.7 Å². The van der Waals surface area contributed by atoms with E-state index >= 15 is 9.59 Å². The maximum absolute atomic E-state index is 15.2. The summed E-state index contributed by atoms with van der Waals surface area (Å²) in [5.74, 6) is -2.75. The predicted molar refractivity (Wildman–Crippen MR) is 440 cm³/mol. The molecule has 0 aromatic heterocycles. The van der Waals surface area contributed by atoms with Gasteiger partial charge in [-0.3, -0.25) is 24.0 Å². The van der Waals surface area contributed by atoms with E-state index < -0.39 is 174 Å². The highest BCUT2D eigenvalue weighted by molar-refractivity contribution is 5.77. The minimum absolute atomic E-state index is 0.0181. The Morgan fingerprint density at radius 2 is 0.558 bits per heavy atom. The molecule has 5 aromatic rings. The molecule has 0 aliphatic carbocycles. The van der Waals surface area contributed by atoms with Crippen molar-refractivity contribution < 1.29 is 128 Å². The van der Waals surface area contributed by atoms with Gasteiger partial charge in [-0.15, -0.1) is 26.3 Å². The van der Waals surface area contributed by atoms with E-state index in [1.54, 1.807) is 107 Å². The van der Waals surface area contributed by atoms with E-state index in [1.807, 2.05) is 121 Å². The van der Waals surface area contributed by atoms with Crippen molar-refractivity contribution in [2.45, 2.75) is 239 Å². The number of esters is 5. The van der Waals surface area contributed by atoms with Gasteiger partial charge in [-0.1, -0.05) is 146 Å². The average molecular weight is 1670 g/mol. The first-order valence-corrected chi connectivity index (χ1v) is 40.6. The average Bonchev–Trinajstić information content (AvgIpc) is 0.730. The Balaban J connectivity index is 1.22. The van der Waals surface area contributed by atoms with Crippen LogP contribution >= 0.6 is 0 Å². The molecule has 120 heavy (non-hydrogen) atoms. The highest BCUT2D eigenvalue weighted by Gasteiger charge is 2.61. The minimum Gasteiger partial charge on any atom is -0.497 e. The fourth-order valence-electron chi connectivity index (χ4n) is 13.2. The lowest BCUT2D eigenvalue weighted by atomic mass is 9.93. The van der Waals surface area contributed by atoms with Gasteiger partial charge in [-0.2, -0.15) is 0 Å². The van der Waals surface area contributed by atoms with Crippen LogP contribution in [0.2, 0.25) is 0 Å². The second-order valence-electron chi connectivity index (χ2n) is 33.7. The Morgan fingerprint density at radius 3 is 0.808 bits per heavy atom. The standard InChI is InChI=1S/C93H122O27/c1-19-47-104-74-70(108-59(5)94)66(55-100-51-60-35-27-23-28-36-60)111-83(79(74)118-87(96)91(9,10)11)115-72-68(57-102-53-62-39-31-25-32-40-62)113-85(81(76(72)106-49-21-3)120-89(98)93(15,16)17)116-73-69(58-103-54-63-41-33-26-34-42-63)112-84(80(77(73)107-50-22-4)119-88(97)92(12,13)14)114-71-67(56-101-52-61-37-29-24-30-38-61)110-82(109-65-45-43-64(99-18)44-46-65)78(75(71)105-48-20-2)117-86(95)90(6,7)8/h19-46,66-85H,1-4,47-58H2,5-18H3/t66-,67-,68-,69-,70+,71+,72+,73+,74+,75+,76+,77+,78-,79-,80-,81-,82-,83+,84+,85+/m1/s1. The summed E-state index contributed by atoms with van der Waals surface area (Å²) in [4.78, 5) is 72.8. The number of hydrogen-bond acceptors (Lipinski definition) is 27. The number of benzene rings is 5. The molecule has 4 fully saturated rings. The zero-order valence-corrected chi connectivity index (χ0v) is 71.5. The van der Waals surface area contributed by atoms with Gasteiger partial charge in [0.15, 0.2) is 49.4 Å². The zero-order chi connectivity index (χ0) is 86.7. The third kappa shape index (κ3) is 27.7. The number of rotatable bonds is 42. The minimum atomic E-state index is -1.79. The van der Waals surface area contributed by atoms with Gasteiger partial charge in [0, 0.05) is 6.92 Å². The molecule has 0 amide bonds. The first-order valence-electron chi connectivity index (χ1n) is 40.6. The molecule has 9 rings (SSSR count). The quantitative estimate of drug-likeness (QED) is 0.0199. The van der Waals surface area contributed by atoms with Gasteiger partial charge in [0.1, 0.15) is 78.6 Å². The number of methoxy groups -OCH3 is 1. The number of carbonyl (C=O) groups excluding carboxylic acids is 5. The summed E-state index contributed by atoms with van der Waals surface area (Å²) in [6.45, 7) is 35.7. The van der Waals surface area contributed by atoms with Crippen LogP contribution in [-0.2, 0) is 145 Å². The lowest BCUT2D eigenvalue weighted by Gasteiger charge is -2.52. The molecule has 27 nitrogen and oxygen atoms in total. The van der Waals surface area contributed by atoms with E-state index in [2.05, 4.69) is 26.3 Å². The fraction of sp³-hybridized carbons (Fsp3) is 0.538. The summed E-state index contributed by atoms with van der Waals surface area (Å²) >= 11 is 0. The van der Waals surface area contributed by atoms with Gasteiger partial charge >= 0.3 is 29.8 Å². The maximum Gasteiger partial charge on any atom is 0.311 e. The van der Waals surface area contributed by atoms with Crippen LogP contribution in [-0.4, -0.2) is 213 Å². The van der Waals surface area contributed by atoms with E-state index in [1.165, 1.54) is 38.3 Å². The Kier molecular flexibility index (Phi) is 36.1.